The molecule has 6 aromatic carbocycles. The van der Waals surface area contributed by atoms with Crippen molar-refractivity contribution in [1.29, 1.82) is 0 Å². The number of H-pyrrole nitrogens is 2. The van der Waals surface area contributed by atoms with Crippen LogP contribution in [0.25, 0.3) is 66.8 Å². The Morgan fingerprint density at radius 1 is 0.611 bits per heavy atom. The minimum absolute atomic E-state index is 0. The van der Waals surface area contributed by atoms with Crippen molar-refractivity contribution < 1.29 is 57.5 Å². The summed E-state index contributed by atoms with van der Waals surface area (Å²) in [6.45, 7) is 10.2. The molecule has 0 spiro atoms. The summed E-state index contributed by atoms with van der Waals surface area (Å²) in [5.74, 6) is 0.190. The van der Waals surface area contributed by atoms with Crippen LogP contribution in [0.1, 0.15) is 25.1 Å². The van der Waals surface area contributed by atoms with Crippen LogP contribution < -0.4 is 40.2 Å². The molecule has 0 saturated carbocycles. The first-order valence-corrected chi connectivity index (χ1v) is 23.7. The van der Waals surface area contributed by atoms with E-state index in [1.54, 1.807) is 97.9 Å². The number of fused-ring (bicyclic) bond motifs is 2. The van der Waals surface area contributed by atoms with E-state index in [9.17, 15) is 35.9 Å². The number of thiol groups is 1. The molecule has 0 radical (unpaired) electrons. The van der Waals surface area contributed by atoms with Gasteiger partial charge in [0.2, 0.25) is 0 Å². The quantitative estimate of drug-likeness (QED) is 0.0766. The van der Waals surface area contributed by atoms with Gasteiger partial charge in [-0.05, 0) is 114 Å². The van der Waals surface area contributed by atoms with Gasteiger partial charge in [0, 0.05) is 48.8 Å². The smallest absolute Gasteiger partial charge is 1.00 e. The van der Waals surface area contributed by atoms with E-state index in [2.05, 4.69) is 58.7 Å². The number of nitrogens with zero attached hydrogens (tertiary/aromatic N) is 3. The number of benzene rings is 6. The van der Waals surface area contributed by atoms with Gasteiger partial charge in [-0.25, -0.2) is 9.97 Å². The normalized spacial score (nSPS) is 13.9. The molecule has 19 heteroatoms. The van der Waals surface area contributed by atoms with Crippen molar-refractivity contribution >= 4 is 56.1 Å². The molecular weight excluding hydrogens is 1020 g/mol. The van der Waals surface area contributed by atoms with Gasteiger partial charge in [-0.1, -0.05) is 76.6 Å². The SMILES string of the molecule is C1COCCN1.Cc1c(Br)ccc2c(=O)[nH]c(-c3cc(-c4ccccc4)cc(C(F)(F)F)c3)nc12.Cc1c(N2CCOCC2)ccc2c(=O)[nH]c(-c3cc(-c4ccccc4)cc(C(F)(F)F)c3)nc12.[2H]CS.[H-].[Li+]. The second-order valence-electron chi connectivity index (χ2n) is 16.3. The molecule has 2 aromatic heterocycles. The molecule has 0 amide bonds. The maximum atomic E-state index is 13.7. The Morgan fingerprint density at radius 2 is 1.03 bits per heavy atom. The summed E-state index contributed by atoms with van der Waals surface area (Å²) < 4.78 is 99.0. The van der Waals surface area contributed by atoms with Gasteiger partial charge in [-0.3, -0.25) is 9.59 Å². The zero-order valence-electron chi connectivity index (χ0n) is 41.5. The van der Waals surface area contributed by atoms with E-state index in [1.165, 1.54) is 0 Å². The van der Waals surface area contributed by atoms with Crippen molar-refractivity contribution in [3.8, 4) is 45.0 Å². The van der Waals surface area contributed by atoms with Crippen LogP contribution in [0.5, 0.6) is 0 Å². The second-order valence-corrected chi connectivity index (χ2v) is 17.1. The van der Waals surface area contributed by atoms with Crippen molar-refractivity contribution in [2.45, 2.75) is 26.2 Å². The van der Waals surface area contributed by atoms with E-state index in [-0.39, 0.29) is 49.3 Å². The Balaban J connectivity index is 0.000000231. The average molecular weight is 1070 g/mol. The van der Waals surface area contributed by atoms with E-state index in [0.717, 1.165) is 84.9 Å². The van der Waals surface area contributed by atoms with Gasteiger partial charge in [-0.2, -0.15) is 39.0 Å². The number of anilines is 1. The molecule has 72 heavy (non-hydrogen) atoms. The molecule has 0 atom stereocenters. The topological polar surface area (TPSA) is 125 Å². The van der Waals surface area contributed by atoms with Gasteiger partial charge in [-0.15, -0.1) is 0 Å². The number of hydrogen-bond donors (Lipinski definition) is 4. The number of ether oxygens (including phenoxy) is 2. The summed E-state index contributed by atoms with van der Waals surface area (Å²) in [4.78, 5) is 42.0. The maximum absolute atomic E-state index is 13.7. The van der Waals surface area contributed by atoms with Gasteiger partial charge in [0.05, 0.1) is 59.4 Å². The third-order valence-electron chi connectivity index (χ3n) is 11.6. The van der Waals surface area contributed by atoms with Crippen LogP contribution in [0.4, 0.5) is 32.0 Å². The van der Waals surface area contributed by atoms with Crippen molar-refractivity contribution in [1.82, 2.24) is 25.3 Å². The monoisotopic (exact) mass is 1070 g/mol. The van der Waals surface area contributed by atoms with Crippen LogP contribution in [0.2, 0.25) is 0 Å². The molecule has 3 N–H and O–H groups in total. The molecule has 10 rings (SSSR count). The molecule has 0 unspecified atom stereocenters. The van der Waals surface area contributed by atoms with Crippen molar-refractivity contribution in [3.05, 3.63) is 169 Å². The molecule has 0 bridgehead atoms. The minimum atomic E-state index is -4.55. The van der Waals surface area contributed by atoms with Gasteiger partial charge in [0.1, 0.15) is 11.6 Å². The van der Waals surface area contributed by atoms with Crippen LogP contribution in [0, 0.1) is 13.8 Å². The molecule has 2 aliphatic rings. The van der Waals surface area contributed by atoms with Gasteiger partial charge < -0.3 is 31.1 Å². The van der Waals surface area contributed by atoms with E-state index in [1.807, 2.05) is 13.0 Å². The van der Waals surface area contributed by atoms with E-state index < -0.39 is 34.6 Å². The number of aryl methyl sites for hydroxylation is 2. The predicted octanol–water partition coefficient (Wildman–Crippen LogP) is 9.04. The van der Waals surface area contributed by atoms with E-state index in [0.29, 0.717) is 57.3 Å². The van der Waals surface area contributed by atoms with Crippen LogP contribution in [0.3, 0.4) is 0 Å². The molecule has 2 fully saturated rings. The number of halogens is 7. The zero-order valence-corrected chi connectivity index (χ0v) is 42.0. The Kier molecular flexibility index (Phi) is 18.6. The first-order chi connectivity index (χ1) is 34.5. The molecule has 2 aliphatic heterocycles. The fourth-order valence-corrected chi connectivity index (χ4v) is 8.36. The first-order valence-electron chi connectivity index (χ1n) is 23.0. The number of aromatic nitrogens is 4. The summed E-state index contributed by atoms with van der Waals surface area (Å²) >= 11 is 6.86. The zero-order chi connectivity index (χ0) is 51.6. The molecule has 2 saturated heterocycles. The standard InChI is InChI=1S/C26H22F3N3O2.C22H14BrF3N2O.C4H9NO.CH4S.Li.H/c1-16-22(32-9-11-34-12-10-32)8-7-21-23(16)30-24(31-25(21)33)19-13-18(17-5-3-2-4-6-17)14-20(15-19)26(27,28)29;1-12-18(23)8-7-17-19(12)27-20(28-21(17)29)15-9-14(13-5-3-2-4-6-13)10-16(11-15)22(24,25)26;1-3-6-4-2-5-1;1-2;;/h2-8,13-15H,9-12H2,1H3,(H,30,31,33);2-11H,1H3,(H,27,28,29);5H,1-4H2;2H,1H3;;/q;;;;+1;-1/i;;;1D;;. The largest absolute Gasteiger partial charge is 1.00 e. The molecule has 10 nitrogen and oxygen atoms in total. The third-order valence-corrected chi connectivity index (χ3v) is 12.5. The Labute approximate surface area is 440 Å². The molecule has 8 aromatic rings. The molecule has 4 heterocycles. The minimum Gasteiger partial charge on any atom is -1.00 e. The Bertz CT molecular complexity index is 3260. The third kappa shape index (κ3) is 13.5. The predicted molar refractivity (Wildman–Crippen MR) is 276 cm³/mol. The number of aromatic amines is 2. The van der Waals surface area contributed by atoms with Gasteiger partial charge in [0.25, 0.3) is 11.1 Å². The summed E-state index contributed by atoms with van der Waals surface area (Å²) in [7, 11) is 0. The van der Waals surface area contributed by atoms with Crippen molar-refractivity contribution in [2.24, 2.45) is 0 Å². The first kappa shape index (κ1) is 54.1. The Morgan fingerprint density at radius 3 is 1.44 bits per heavy atom. The second kappa shape index (κ2) is 24.8. The number of nitrogens with one attached hydrogen (secondary N) is 3. The van der Waals surface area contributed by atoms with Crippen molar-refractivity contribution in [2.75, 3.05) is 63.7 Å². The van der Waals surface area contributed by atoms with Crippen LogP contribution in [0.15, 0.2) is 135 Å². The van der Waals surface area contributed by atoms with Crippen molar-refractivity contribution in [3.63, 3.8) is 0 Å². The fraction of sp³-hybridized carbons (Fsp3) is 0.245. The van der Waals surface area contributed by atoms with E-state index >= 15 is 0 Å². The summed E-state index contributed by atoms with van der Waals surface area (Å²) in [6, 6.07) is 32.0. The van der Waals surface area contributed by atoms with Crippen LogP contribution >= 0.6 is 28.6 Å². The van der Waals surface area contributed by atoms with Gasteiger partial charge >= 0.3 is 31.2 Å². The number of rotatable bonds is 5. The molecular formula is C53H50BrF6LiN6O4S. The maximum Gasteiger partial charge on any atom is 1.00 e. The molecule has 372 valence electrons. The average Bonchev–Trinajstić information content (AvgIpc) is 3.39. The fourth-order valence-electron chi connectivity index (χ4n) is 8.04. The van der Waals surface area contributed by atoms with Crippen LogP contribution in [-0.2, 0) is 21.8 Å². The molecule has 0 aliphatic carbocycles. The summed E-state index contributed by atoms with van der Waals surface area (Å²) in [5.41, 5.74) is 3.46. The summed E-state index contributed by atoms with van der Waals surface area (Å²) in [5, 5.41) is 3.94. The number of alkyl halides is 6. The summed E-state index contributed by atoms with van der Waals surface area (Å²) in [6.07, 6.45) is -8.88. The Hall–Kier alpha value is -5.71. The van der Waals surface area contributed by atoms with Crippen LogP contribution in [-0.4, -0.2) is 78.8 Å². The van der Waals surface area contributed by atoms with Gasteiger partial charge in [0.15, 0.2) is 0 Å². The van der Waals surface area contributed by atoms with E-state index in [4.69, 9.17) is 10.8 Å². The number of morpholine rings is 2. The number of hydrogen-bond acceptors (Lipinski definition) is 9.